The van der Waals surface area contributed by atoms with Gasteiger partial charge >= 0.3 is 0 Å². The zero-order valence-corrected chi connectivity index (χ0v) is 25.4. The van der Waals surface area contributed by atoms with Crippen LogP contribution in [0.4, 0.5) is 0 Å². The minimum atomic E-state index is -0.294. The third kappa shape index (κ3) is 4.45. The van der Waals surface area contributed by atoms with Gasteiger partial charge in [-0.2, -0.15) is 35.3 Å². The van der Waals surface area contributed by atoms with Crippen molar-refractivity contribution in [2.24, 2.45) is 0 Å². The maximum Gasteiger partial charge on any atom is 0.126 e. The first-order chi connectivity index (χ1) is 18.9. The third-order valence-electron chi connectivity index (χ3n) is 10.2. The molecule has 0 saturated carbocycles. The summed E-state index contributed by atoms with van der Waals surface area (Å²) < 4.78 is 26.5. The van der Waals surface area contributed by atoms with Crippen molar-refractivity contribution in [2.45, 2.75) is 91.6 Å². The van der Waals surface area contributed by atoms with Gasteiger partial charge in [-0.15, -0.1) is 0 Å². The van der Waals surface area contributed by atoms with Crippen LogP contribution in [0.15, 0.2) is 0 Å². The van der Waals surface area contributed by atoms with Crippen LogP contribution in [-0.4, -0.2) is 137 Å². The van der Waals surface area contributed by atoms with Crippen LogP contribution in [0.5, 0.6) is 0 Å². The van der Waals surface area contributed by atoms with Crippen molar-refractivity contribution in [1.29, 1.82) is 0 Å². The minimum Gasteiger partial charge on any atom is -0.376 e. The fraction of sp³-hybridized carbons (Fsp3) is 1.00. The molecule has 7 unspecified atom stereocenters. The van der Waals surface area contributed by atoms with Crippen LogP contribution in [0, 0.1) is 0 Å². The Morgan fingerprint density at radius 3 is 1.95 bits per heavy atom. The summed E-state index contributed by atoms with van der Waals surface area (Å²) in [6.45, 7) is 8.19. The highest BCUT2D eigenvalue weighted by Gasteiger charge is 2.74. The Hall–Kier alpha value is 0.770. The van der Waals surface area contributed by atoms with E-state index in [1.807, 2.05) is 0 Å². The number of ether oxygens (including phenoxy) is 4. The number of thioether (sulfide) groups is 3. The highest BCUT2D eigenvalue weighted by Crippen LogP contribution is 2.59. The number of hydrogen-bond acceptors (Lipinski definition) is 10. The van der Waals surface area contributed by atoms with Gasteiger partial charge in [0.1, 0.15) is 24.2 Å². The van der Waals surface area contributed by atoms with Crippen molar-refractivity contribution >= 4 is 35.3 Å². The van der Waals surface area contributed by atoms with Crippen LogP contribution >= 0.6 is 35.3 Å². The smallest absolute Gasteiger partial charge is 0.126 e. The summed E-state index contributed by atoms with van der Waals surface area (Å²) in [4.78, 5) is 8.73. The molecule has 0 N–H and O–H groups in total. The summed E-state index contributed by atoms with van der Waals surface area (Å²) in [5.41, 5.74) is -0.375. The molecule has 216 valence electrons. The Morgan fingerprint density at radius 2 is 1.34 bits per heavy atom. The second kappa shape index (κ2) is 12.2. The standard InChI is InChI=1S/C28H47N3O4S3/c1-2-17-37-23(5-1)27(24-6-4-18-38-24)28(22-21-32-15-16-33-22,29-11-19-36-20-12-29)31(25-7-3-13-34-25)10-9-30(27)26-8-14-35-26/h22-26H,1-21H2. The van der Waals surface area contributed by atoms with Gasteiger partial charge in [-0.25, -0.2) is 0 Å². The van der Waals surface area contributed by atoms with E-state index in [0.29, 0.717) is 30.3 Å². The first-order valence-corrected chi connectivity index (χ1v) is 18.6. The summed E-state index contributed by atoms with van der Waals surface area (Å²) >= 11 is 6.67. The van der Waals surface area contributed by atoms with E-state index < -0.39 is 0 Å². The number of rotatable bonds is 6. The Morgan fingerprint density at radius 1 is 0.605 bits per heavy atom. The maximum absolute atomic E-state index is 6.99. The molecule has 0 aromatic carbocycles. The lowest BCUT2D eigenvalue weighted by Crippen LogP contribution is -2.92. The molecule has 7 rings (SSSR count). The predicted octanol–water partition coefficient (Wildman–Crippen LogP) is 3.57. The van der Waals surface area contributed by atoms with Gasteiger partial charge in [0.05, 0.1) is 32.0 Å². The van der Waals surface area contributed by atoms with Crippen LogP contribution < -0.4 is 0 Å². The maximum atomic E-state index is 6.99. The molecule has 0 aliphatic carbocycles. The first-order valence-electron chi connectivity index (χ1n) is 15.4. The fourth-order valence-electron chi connectivity index (χ4n) is 8.80. The van der Waals surface area contributed by atoms with Gasteiger partial charge in [-0.1, -0.05) is 6.42 Å². The normalized spacial score (nSPS) is 46.3. The molecular formula is C28H47N3O4S3. The molecule has 0 radical (unpaired) electrons. The van der Waals surface area contributed by atoms with E-state index >= 15 is 0 Å². The SMILES string of the molecule is C1CCC(C2(C3CCCS3)N(C3CCO3)CCN(C3CCCO3)C2(C2COCCO2)N2CCSCC2)SC1. The molecule has 7 fully saturated rings. The molecule has 7 atom stereocenters. The van der Waals surface area contributed by atoms with Crippen molar-refractivity contribution in [3.8, 4) is 0 Å². The topological polar surface area (TPSA) is 46.6 Å². The molecule has 0 spiro atoms. The monoisotopic (exact) mass is 585 g/mol. The van der Waals surface area contributed by atoms with E-state index in [1.165, 1.54) is 55.1 Å². The number of nitrogens with zero attached hydrogens (tertiary/aromatic N) is 3. The molecule has 38 heavy (non-hydrogen) atoms. The molecule has 10 heteroatoms. The lowest BCUT2D eigenvalue weighted by Gasteiger charge is -2.74. The Kier molecular flexibility index (Phi) is 8.84. The largest absolute Gasteiger partial charge is 0.376 e. The molecule has 0 bridgehead atoms. The van der Waals surface area contributed by atoms with Crippen molar-refractivity contribution in [2.75, 3.05) is 82.2 Å². The molecule has 7 heterocycles. The van der Waals surface area contributed by atoms with E-state index in [1.54, 1.807) is 0 Å². The molecule has 7 aliphatic heterocycles. The van der Waals surface area contributed by atoms with Gasteiger partial charge in [-0.05, 0) is 50.0 Å². The highest BCUT2D eigenvalue weighted by atomic mass is 32.2. The van der Waals surface area contributed by atoms with Crippen LogP contribution in [0.25, 0.3) is 0 Å². The third-order valence-corrected chi connectivity index (χ3v) is 14.2. The summed E-state index contributed by atoms with van der Waals surface area (Å²) in [6.07, 6.45) is 10.4. The summed E-state index contributed by atoms with van der Waals surface area (Å²) in [5, 5.41) is 1.12. The molecule has 0 aromatic heterocycles. The van der Waals surface area contributed by atoms with Crippen molar-refractivity contribution in [3.05, 3.63) is 0 Å². The predicted molar refractivity (Wildman–Crippen MR) is 157 cm³/mol. The van der Waals surface area contributed by atoms with Crippen LogP contribution in [0.2, 0.25) is 0 Å². The van der Waals surface area contributed by atoms with Crippen molar-refractivity contribution in [3.63, 3.8) is 0 Å². The van der Waals surface area contributed by atoms with Crippen LogP contribution in [0.3, 0.4) is 0 Å². The Labute approximate surface area is 242 Å². The summed E-state index contributed by atoms with van der Waals surface area (Å²) in [5.74, 6) is 4.94. The lowest BCUT2D eigenvalue weighted by atomic mass is 9.66. The zero-order chi connectivity index (χ0) is 25.4. The lowest BCUT2D eigenvalue weighted by molar-refractivity contribution is -0.324. The Balaban J connectivity index is 1.48. The highest BCUT2D eigenvalue weighted by molar-refractivity contribution is 8.01. The van der Waals surface area contributed by atoms with Crippen LogP contribution in [0.1, 0.15) is 51.4 Å². The van der Waals surface area contributed by atoms with Gasteiger partial charge in [0, 0.05) is 61.2 Å². The van der Waals surface area contributed by atoms with Gasteiger partial charge in [0.25, 0.3) is 0 Å². The summed E-state index contributed by atoms with van der Waals surface area (Å²) in [7, 11) is 0. The van der Waals surface area contributed by atoms with Gasteiger partial charge < -0.3 is 18.9 Å². The minimum absolute atomic E-state index is 0.00940. The molecule has 7 saturated heterocycles. The van der Waals surface area contributed by atoms with Gasteiger partial charge in [-0.3, -0.25) is 14.7 Å². The van der Waals surface area contributed by atoms with E-state index in [0.717, 1.165) is 58.7 Å². The summed E-state index contributed by atoms with van der Waals surface area (Å²) in [6, 6.07) is 0. The molecule has 0 aromatic rings. The fourth-order valence-corrected chi connectivity index (χ4v) is 13.2. The van der Waals surface area contributed by atoms with E-state index in [4.69, 9.17) is 18.9 Å². The second-order valence-corrected chi connectivity index (χ2v) is 15.8. The number of hydrogen-bond donors (Lipinski definition) is 0. The van der Waals surface area contributed by atoms with Crippen molar-refractivity contribution < 1.29 is 18.9 Å². The quantitative estimate of drug-likeness (QED) is 0.463. The van der Waals surface area contributed by atoms with Gasteiger partial charge in [0.15, 0.2) is 0 Å². The Bertz CT molecular complexity index is 761. The zero-order valence-electron chi connectivity index (χ0n) is 22.9. The average Bonchev–Trinajstić information content (AvgIpc) is 3.69. The molecule has 7 aliphatic rings. The first kappa shape index (κ1) is 27.6. The number of piperazine rings is 1. The molecular weight excluding hydrogens is 539 g/mol. The second-order valence-electron chi connectivity index (χ2n) is 11.9. The molecule has 0 amide bonds. The molecule has 7 nitrogen and oxygen atoms in total. The van der Waals surface area contributed by atoms with Crippen molar-refractivity contribution in [1.82, 2.24) is 14.7 Å². The van der Waals surface area contributed by atoms with Gasteiger partial charge in [0.2, 0.25) is 0 Å². The van der Waals surface area contributed by atoms with E-state index in [-0.39, 0.29) is 29.8 Å². The van der Waals surface area contributed by atoms with Crippen LogP contribution in [-0.2, 0) is 18.9 Å². The van der Waals surface area contributed by atoms with E-state index in [9.17, 15) is 0 Å². The van der Waals surface area contributed by atoms with E-state index in [2.05, 4.69) is 50.0 Å². The average molecular weight is 586 g/mol.